The second kappa shape index (κ2) is 7.05. The number of anilines is 1. The first-order valence-corrected chi connectivity index (χ1v) is 8.53. The summed E-state index contributed by atoms with van der Waals surface area (Å²) in [6.07, 6.45) is 17.5. The number of nitrogens with one attached hydrogen (secondary N) is 1. The lowest BCUT2D eigenvalue weighted by Gasteiger charge is -2.23. The maximum Gasteiger partial charge on any atom is 0.133 e. The van der Waals surface area contributed by atoms with Crippen LogP contribution in [0.1, 0.15) is 75.5 Å². The standard InChI is InChI=1S/C17H27N3/c1-2-5-9-14(10-6-3-1)20-17-15-11-7-4-8-12-16(15)18-13-19-17/h13-14H,1-12H2,(H,18,19,20). The molecule has 3 rings (SSSR count). The van der Waals surface area contributed by atoms with Crippen LogP contribution in [0, 0.1) is 0 Å². The summed E-state index contributed by atoms with van der Waals surface area (Å²) in [7, 11) is 0. The summed E-state index contributed by atoms with van der Waals surface area (Å²) in [6, 6.07) is 0.623. The van der Waals surface area contributed by atoms with Crippen molar-refractivity contribution in [2.75, 3.05) is 5.32 Å². The first-order chi connectivity index (χ1) is 9.93. The zero-order valence-corrected chi connectivity index (χ0v) is 12.5. The van der Waals surface area contributed by atoms with Crippen molar-refractivity contribution in [2.24, 2.45) is 0 Å². The molecule has 2 aliphatic carbocycles. The lowest BCUT2D eigenvalue weighted by molar-refractivity contribution is 0.470. The van der Waals surface area contributed by atoms with Gasteiger partial charge in [-0.05, 0) is 38.5 Å². The van der Waals surface area contributed by atoms with Crippen LogP contribution in [0.3, 0.4) is 0 Å². The van der Waals surface area contributed by atoms with Crippen molar-refractivity contribution in [1.82, 2.24) is 9.97 Å². The van der Waals surface area contributed by atoms with E-state index < -0.39 is 0 Å². The van der Waals surface area contributed by atoms with Crippen molar-refractivity contribution in [3.63, 3.8) is 0 Å². The SMILES string of the molecule is c1nc2c(c(NC3CCCCCCC3)n1)CCCCC2. The van der Waals surface area contributed by atoms with Crippen LogP contribution in [0.4, 0.5) is 5.82 Å². The van der Waals surface area contributed by atoms with Gasteiger partial charge in [0.25, 0.3) is 0 Å². The molecule has 3 heteroatoms. The number of rotatable bonds is 2. The molecule has 1 saturated carbocycles. The van der Waals surface area contributed by atoms with E-state index in [2.05, 4.69) is 15.3 Å². The topological polar surface area (TPSA) is 37.8 Å². The van der Waals surface area contributed by atoms with Crippen molar-refractivity contribution in [2.45, 2.75) is 83.1 Å². The number of hydrogen-bond donors (Lipinski definition) is 1. The highest BCUT2D eigenvalue weighted by atomic mass is 15.0. The highest BCUT2D eigenvalue weighted by molar-refractivity contribution is 5.47. The van der Waals surface area contributed by atoms with Crippen LogP contribution in [-0.2, 0) is 12.8 Å². The molecular weight excluding hydrogens is 246 g/mol. The third-order valence-corrected chi connectivity index (χ3v) is 4.82. The molecule has 1 aromatic rings. The molecule has 0 aliphatic heterocycles. The Bertz CT molecular complexity index is 422. The number of aryl methyl sites for hydroxylation is 1. The Morgan fingerprint density at radius 1 is 0.800 bits per heavy atom. The molecule has 0 unspecified atom stereocenters. The number of nitrogens with zero attached hydrogens (tertiary/aromatic N) is 2. The van der Waals surface area contributed by atoms with Gasteiger partial charge in [-0.3, -0.25) is 0 Å². The van der Waals surface area contributed by atoms with E-state index in [0.29, 0.717) is 6.04 Å². The Morgan fingerprint density at radius 2 is 1.50 bits per heavy atom. The van der Waals surface area contributed by atoms with E-state index in [1.54, 1.807) is 6.33 Å². The van der Waals surface area contributed by atoms with Crippen LogP contribution in [0.25, 0.3) is 0 Å². The maximum atomic E-state index is 4.56. The van der Waals surface area contributed by atoms with Crippen LogP contribution in [-0.4, -0.2) is 16.0 Å². The van der Waals surface area contributed by atoms with Crippen LogP contribution in [0.5, 0.6) is 0 Å². The second-order valence-corrected chi connectivity index (χ2v) is 6.39. The van der Waals surface area contributed by atoms with E-state index >= 15 is 0 Å². The summed E-state index contributed by atoms with van der Waals surface area (Å²) in [5.41, 5.74) is 2.71. The Morgan fingerprint density at radius 3 is 2.35 bits per heavy atom. The molecule has 0 aromatic carbocycles. The molecule has 0 atom stereocenters. The molecule has 0 amide bonds. The largest absolute Gasteiger partial charge is 0.367 e. The number of aromatic nitrogens is 2. The maximum absolute atomic E-state index is 4.56. The molecule has 2 aliphatic rings. The van der Waals surface area contributed by atoms with E-state index in [4.69, 9.17) is 0 Å². The van der Waals surface area contributed by atoms with Gasteiger partial charge in [-0.1, -0.05) is 38.5 Å². The van der Waals surface area contributed by atoms with Gasteiger partial charge < -0.3 is 5.32 Å². The fourth-order valence-electron chi connectivity index (χ4n) is 3.62. The zero-order valence-electron chi connectivity index (χ0n) is 12.5. The van der Waals surface area contributed by atoms with E-state index in [9.17, 15) is 0 Å². The van der Waals surface area contributed by atoms with Gasteiger partial charge in [0.15, 0.2) is 0 Å². The first kappa shape index (κ1) is 13.8. The van der Waals surface area contributed by atoms with Gasteiger partial charge in [0.05, 0.1) is 0 Å². The Kier molecular flexibility index (Phi) is 4.88. The fourth-order valence-corrected chi connectivity index (χ4v) is 3.62. The third-order valence-electron chi connectivity index (χ3n) is 4.82. The molecule has 110 valence electrons. The Hall–Kier alpha value is -1.12. The molecule has 0 saturated heterocycles. The Balaban J connectivity index is 1.72. The van der Waals surface area contributed by atoms with E-state index in [1.165, 1.54) is 75.5 Å². The smallest absolute Gasteiger partial charge is 0.133 e. The molecule has 1 aromatic heterocycles. The van der Waals surface area contributed by atoms with Gasteiger partial charge in [0.2, 0.25) is 0 Å². The molecule has 1 heterocycles. The van der Waals surface area contributed by atoms with Gasteiger partial charge in [-0.25, -0.2) is 9.97 Å². The minimum atomic E-state index is 0.623. The lowest BCUT2D eigenvalue weighted by Crippen LogP contribution is -2.22. The molecule has 0 bridgehead atoms. The number of fused-ring (bicyclic) bond motifs is 1. The molecule has 0 radical (unpaired) electrons. The van der Waals surface area contributed by atoms with Gasteiger partial charge in [-0.15, -0.1) is 0 Å². The Labute approximate surface area is 122 Å². The van der Waals surface area contributed by atoms with Gasteiger partial charge in [0, 0.05) is 17.3 Å². The van der Waals surface area contributed by atoms with Crippen LogP contribution in [0.2, 0.25) is 0 Å². The summed E-state index contributed by atoms with van der Waals surface area (Å²) in [5, 5.41) is 3.75. The van der Waals surface area contributed by atoms with E-state index in [1.807, 2.05) is 0 Å². The van der Waals surface area contributed by atoms with E-state index in [-0.39, 0.29) is 0 Å². The molecule has 1 fully saturated rings. The average molecular weight is 273 g/mol. The van der Waals surface area contributed by atoms with Crippen molar-refractivity contribution in [3.8, 4) is 0 Å². The summed E-state index contributed by atoms with van der Waals surface area (Å²) in [5.74, 6) is 1.14. The molecule has 0 spiro atoms. The molecule has 3 nitrogen and oxygen atoms in total. The van der Waals surface area contributed by atoms with Gasteiger partial charge in [0.1, 0.15) is 12.1 Å². The first-order valence-electron chi connectivity index (χ1n) is 8.53. The third kappa shape index (κ3) is 3.50. The van der Waals surface area contributed by atoms with E-state index in [0.717, 1.165) is 18.7 Å². The minimum absolute atomic E-state index is 0.623. The quantitative estimate of drug-likeness (QED) is 0.818. The van der Waals surface area contributed by atoms with Crippen molar-refractivity contribution < 1.29 is 0 Å². The highest BCUT2D eigenvalue weighted by Gasteiger charge is 2.17. The molecule has 1 N–H and O–H groups in total. The average Bonchev–Trinajstić information content (AvgIpc) is 2.67. The summed E-state index contributed by atoms with van der Waals surface area (Å²) >= 11 is 0. The van der Waals surface area contributed by atoms with Crippen molar-refractivity contribution >= 4 is 5.82 Å². The molecular formula is C17H27N3. The monoisotopic (exact) mass is 273 g/mol. The second-order valence-electron chi connectivity index (χ2n) is 6.39. The normalized spacial score (nSPS) is 21.4. The van der Waals surface area contributed by atoms with Crippen LogP contribution >= 0.6 is 0 Å². The van der Waals surface area contributed by atoms with Crippen LogP contribution < -0.4 is 5.32 Å². The lowest BCUT2D eigenvalue weighted by atomic mass is 9.96. The minimum Gasteiger partial charge on any atom is -0.367 e. The van der Waals surface area contributed by atoms with Crippen molar-refractivity contribution in [1.29, 1.82) is 0 Å². The van der Waals surface area contributed by atoms with Gasteiger partial charge >= 0.3 is 0 Å². The number of hydrogen-bond acceptors (Lipinski definition) is 3. The predicted molar refractivity (Wildman–Crippen MR) is 83.0 cm³/mol. The predicted octanol–water partition coefficient (Wildman–Crippen LogP) is 4.27. The highest BCUT2D eigenvalue weighted by Crippen LogP contribution is 2.26. The summed E-state index contributed by atoms with van der Waals surface area (Å²) < 4.78 is 0. The molecule has 20 heavy (non-hydrogen) atoms. The fraction of sp³-hybridized carbons (Fsp3) is 0.765. The van der Waals surface area contributed by atoms with Crippen LogP contribution in [0.15, 0.2) is 6.33 Å². The van der Waals surface area contributed by atoms with Gasteiger partial charge in [-0.2, -0.15) is 0 Å². The van der Waals surface area contributed by atoms with Crippen molar-refractivity contribution in [3.05, 3.63) is 17.6 Å². The zero-order chi connectivity index (χ0) is 13.6. The summed E-state index contributed by atoms with van der Waals surface area (Å²) in [6.45, 7) is 0. The summed E-state index contributed by atoms with van der Waals surface area (Å²) in [4.78, 5) is 9.08.